The van der Waals surface area contributed by atoms with Gasteiger partial charge in [0.15, 0.2) is 0 Å². The van der Waals surface area contributed by atoms with Gasteiger partial charge in [0.1, 0.15) is 6.10 Å². The number of hydrogen-bond donors (Lipinski definition) is 1. The van der Waals surface area contributed by atoms with Crippen molar-refractivity contribution >= 4 is 11.8 Å². The summed E-state index contributed by atoms with van der Waals surface area (Å²) in [5.41, 5.74) is 9.78. The predicted octanol–water partition coefficient (Wildman–Crippen LogP) is 2.31. The number of anilines is 1. The summed E-state index contributed by atoms with van der Waals surface area (Å²) in [5, 5.41) is 7.68. The second kappa shape index (κ2) is 6.42. The summed E-state index contributed by atoms with van der Waals surface area (Å²) in [6.07, 6.45) is 6.61. The molecule has 3 heterocycles. The van der Waals surface area contributed by atoms with Crippen molar-refractivity contribution in [2.45, 2.75) is 31.0 Å². The lowest BCUT2D eigenvalue weighted by molar-refractivity contribution is 0.129. The molecule has 2 N–H and O–H groups in total. The molecular formula is C20H20N6O2. The number of hydrogen-bond acceptors (Lipinski definition) is 6. The van der Waals surface area contributed by atoms with Gasteiger partial charge in [-0.15, -0.1) is 5.10 Å². The zero-order valence-corrected chi connectivity index (χ0v) is 15.2. The van der Waals surface area contributed by atoms with E-state index in [1.807, 2.05) is 42.6 Å². The molecule has 0 bridgehead atoms. The molecule has 1 atom stereocenters. The first kappa shape index (κ1) is 16.9. The van der Waals surface area contributed by atoms with Crippen LogP contribution in [0.5, 0.6) is 0 Å². The molecule has 8 heteroatoms. The first-order valence-electron chi connectivity index (χ1n) is 9.29. The van der Waals surface area contributed by atoms with E-state index in [1.165, 1.54) is 0 Å². The highest BCUT2D eigenvalue weighted by atomic mass is 16.6. The van der Waals surface area contributed by atoms with Crippen molar-refractivity contribution in [3.8, 4) is 11.1 Å². The van der Waals surface area contributed by atoms with Crippen molar-refractivity contribution in [3.63, 3.8) is 0 Å². The quantitative estimate of drug-likeness (QED) is 0.734. The largest absolute Gasteiger partial charge is 0.442 e. The summed E-state index contributed by atoms with van der Waals surface area (Å²) < 4.78 is 7.11. The van der Waals surface area contributed by atoms with Crippen molar-refractivity contribution < 1.29 is 9.53 Å². The molecule has 8 nitrogen and oxygen atoms in total. The Morgan fingerprint density at radius 1 is 1.14 bits per heavy atom. The number of rotatable bonds is 5. The summed E-state index contributed by atoms with van der Waals surface area (Å²) in [7, 11) is 0. The molecule has 2 aliphatic rings. The third kappa shape index (κ3) is 3.11. The summed E-state index contributed by atoms with van der Waals surface area (Å²) in [6, 6.07) is 11.9. The van der Waals surface area contributed by atoms with Gasteiger partial charge in [-0.25, -0.2) is 9.48 Å². The molecule has 142 valence electrons. The Kier molecular flexibility index (Phi) is 3.87. The second-order valence-electron chi connectivity index (χ2n) is 7.38. The van der Waals surface area contributed by atoms with Gasteiger partial charge >= 0.3 is 6.09 Å². The van der Waals surface area contributed by atoms with Gasteiger partial charge in [-0.2, -0.15) is 0 Å². The molecule has 1 unspecified atom stereocenters. The van der Waals surface area contributed by atoms with Crippen LogP contribution in [0.3, 0.4) is 0 Å². The normalized spacial score (nSPS) is 20.2. The topological polar surface area (TPSA) is 99.2 Å². The molecule has 0 spiro atoms. The summed E-state index contributed by atoms with van der Waals surface area (Å²) in [4.78, 5) is 18.4. The van der Waals surface area contributed by atoms with Crippen molar-refractivity contribution in [1.82, 2.24) is 20.0 Å². The molecule has 1 aliphatic heterocycles. The van der Waals surface area contributed by atoms with Gasteiger partial charge in [-0.1, -0.05) is 23.4 Å². The van der Waals surface area contributed by atoms with Crippen LogP contribution in [-0.2, 0) is 16.8 Å². The predicted molar refractivity (Wildman–Crippen MR) is 102 cm³/mol. The number of cyclic esters (lactones) is 1. The fourth-order valence-electron chi connectivity index (χ4n) is 3.45. The van der Waals surface area contributed by atoms with Gasteiger partial charge in [0, 0.05) is 23.6 Å². The van der Waals surface area contributed by atoms with Crippen LogP contribution in [0.15, 0.2) is 55.0 Å². The maximum absolute atomic E-state index is 12.2. The summed E-state index contributed by atoms with van der Waals surface area (Å²) >= 11 is 0. The number of pyridine rings is 1. The SMILES string of the molecule is NC1(c2ccc(-c3ccc(N4CC(Cn5ccnn5)OC4=O)cc3)cn2)CC1. The van der Waals surface area contributed by atoms with Gasteiger partial charge in [-0.05, 0) is 36.6 Å². The molecule has 1 saturated heterocycles. The molecular weight excluding hydrogens is 356 g/mol. The van der Waals surface area contributed by atoms with E-state index in [-0.39, 0.29) is 17.7 Å². The van der Waals surface area contributed by atoms with E-state index < -0.39 is 0 Å². The maximum atomic E-state index is 12.2. The molecule has 28 heavy (non-hydrogen) atoms. The van der Waals surface area contributed by atoms with E-state index in [0.717, 1.165) is 35.3 Å². The van der Waals surface area contributed by atoms with Crippen LogP contribution >= 0.6 is 0 Å². The van der Waals surface area contributed by atoms with Gasteiger partial charge < -0.3 is 10.5 Å². The van der Waals surface area contributed by atoms with E-state index in [1.54, 1.807) is 22.0 Å². The van der Waals surface area contributed by atoms with E-state index in [4.69, 9.17) is 10.5 Å². The smallest absolute Gasteiger partial charge is 0.414 e. The van der Waals surface area contributed by atoms with Crippen molar-refractivity contribution in [3.05, 3.63) is 60.7 Å². The molecule has 5 rings (SSSR count). The average molecular weight is 376 g/mol. The van der Waals surface area contributed by atoms with Crippen LogP contribution in [0.25, 0.3) is 11.1 Å². The Bertz CT molecular complexity index is 981. The van der Waals surface area contributed by atoms with Crippen LogP contribution < -0.4 is 10.6 Å². The summed E-state index contributed by atoms with van der Waals surface area (Å²) in [6.45, 7) is 0.966. The lowest BCUT2D eigenvalue weighted by Crippen LogP contribution is -2.26. The lowest BCUT2D eigenvalue weighted by Gasteiger charge is -2.14. The number of aromatic nitrogens is 4. The number of carbonyl (C=O) groups is 1. The van der Waals surface area contributed by atoms with Crippen LogP contribution in [0.1, 0.15) is 18.5 Å². The highest BCUT2D eigenvalue weighted by molar-refractivity contribution is 5.90. The number of nitrogens with zero attached hydrogens (tertiary/aromatic N) is 5. The van der Waals surface area contributed by atoms with E-state index in [0.29, 0.717) is 13.1 Å². The number of benzene rings is 1. The van der Waals surface area contributed by atoms with Crippen LogP contribution in [0.4, 0.5) is 10.5 Å². The molecule has 1 aromatic carbocycles. The molecule has 0 radical (unpaired) electrons. The number of amides is 1. The van der Waals surface area contributed by atoms with Crippen LogP contribution in [0.2, 0.25) is 0 Å². The first-order valence-corrected chi connectivity index (χ1v) is 9.29. The minimum absolute atomic E-state index is 0.221. The fraction of sp³-hybridized carbons (Fsp3) is 0.300. The monoisotopic (exact) mass is 376 g/mol. The highest BCUT2D eigenvalue weighted by Gasteiger charge is 2.41. The van der Waals surface area contributed by atoms with Crippen LogP contribution in [0, 0.1) is 0 Å². The summed E-state index contributed by atoms with van der Waals surface area (Å²) in [5.74, 6) is 0. The molecule has 1 aliphatic carbocycles. The first-order chi connectivity index (χ1) is 13.6. The molecule has 2 aromatic heterocycles. The number of nitrogens with two attached hydrogens (primary N) is 1. The van der Waals surface area contributed by atoms with Crippen molar-refractivity contribution in [2.75, 3.05) is 11.4 Å². The number of carbonyl (C=O) groups excluding carboxylic acids is 1. The molecule has 3 aromatic rings. The lowest BCUT2D eigenvalue weighted by atomic mass is 10.1. The van der Waals surface area contributed by atoms with Gasteiger partial charge in [0.05, 0.1) is 30.5 Å². The number of ether oxygens (including phenoxy) is 1. The Morgan fingerprint density at radius 2 is 1.93 bits per heavy atom. The molecule has 1 saturated carbocycles. The van der Waals surface area contributed by atoms with Crippen molar-refractivity contribution in [1.29, 1.82) is 0 Å². The Morgan fingerprint density at radius 3 is 2.57 bits per heavy atom. The fourth-order valence-corrected chi connectivity index (χ4v) is 3.45. The van der Waals surface area contributed by atoms with Crippen molar-refractivity contribution in [2.24, 2.45) is 5.73 Å². The third-order valence-corrected chi connectivity index (χ3v) is 5.31. The standard InChI is InChI=1S/C20H20N6O2/c21-20(7-8-20)18-6-3-15(11-22-18)14-1-4-16(5-2-14)26-13-17(28-19(26)27)12-25-10-9-23-24-25/h1-6,9-11,17H,7-8,12-13,21H2. The minimum Gasteiger partial charge on any atom is -0.442 e. The minimum atomic E-state index is -0.346. The zero-order valence-electron chi connectivity index (χ0n) is 15.2. The Labute approximate surface area is 161 Å². The third-order valence-electron chi connectivity index (χ3n) is 5.31. The van der Waals surface area contributed by atoms with E-state index in [2.05, 4.69) is 15.3 Å². The van der Waals surface area contributed by atoms with Gasteiger partial charge in [-0.3, -0.25) is 9.88 Å². The Hall–Kier alpha value is -3.26. The molecule has 2 fully saturated rings. The Balaban J connectivity index is 1.29. The van der Waals surface area contributed by atoms with Crippen LogP contribution in [-0.4, -0.2) is 38.7 Å². The molecule has 1 amide bonds. The van der Waals surface area contributed by atoms with E-state index >= 15 is 0 Å². The van der Waals surface area contributed by atoms with Gasteiger partial charge in [0.25, 0.3) is 0 Å². The van der Waals surface area contributed by atoms with E-state index in [9.17, 15) is 4.79 Å². The highest BCUT2D eigenvalue weighted by Crippen LogP contribution is 2.41. The maximum Gasteiger partial charge on any atom is 0.414 e. The second-order valence-corrected chi connectivity index (χ2v) is 7.38. The average Bonchev–Trinajstić information content (AvgIpc) is 3.11. The van der Waals surface area contributed by atoms with Gasteiger partial charge in [0.2, 0.25) is 0 Å². The zero-order chi connectivity index (χ0) is 19.1.